The molecule has 3 unspecified atom stereocenters. The quantitative estimate of drug-likeness (QED) is 0.0975. The van der Waals surface area contributed by atoms with Crippen LogP contribution >= 0.6 is 8.25 Å². The standard InChI is InChI=1S/C10H19NO4.C4H7N.HO4P.Pt.H2/c1-4-7-11(5-2,6-3)8(9(12)13)10(14)15;1-3-2-4(3)5;1-4-5(2)3;;/h8H,4-7H2,1-3H3,(H-,12,13,14,15);3-5H,1-2H2;1H;;1H/q;-2;;+2;/p+1. The number of nitrogens with one attached hydrogen (secondary N) is 1. The molecule has 0 aliphatic heterocycles. The van der Waals surface area contributed by atoms with Crippen LogP contribution in [-0.2, 0) is 39.9 Å². The number of hydrogen-bond acceptors (Lipinski definition) is 6. The van der Waals surface area contributed by atoms with Crippen molar-refractivity contribution in [1.82, 2.24) is 0 Å². The smallest absolute Gasteiger partial charge is 0.677 e. The average molecular weight is 580 g/mol. The van der Waals surface area contributed by atoms with E-state index in [4.69, 9.17) is 30.7 Å². The summed E-state index contributed by atoms with van der Waals surface area (Å²) >= 11 is 0. The van der Waals surface area contributed by atoms with Crippen LogP contribution in [0, 0.1) is 12.8 Å². The van der Waals surface area contributed by atoms with Crippen molar-refractivity contribution in [3.8, 4) is 0 Å². The van der Waals surface area contributed by atoms with Crippen LogP contribution in [-0.4, -0.2) is 63.6 Å². The van der Waals surface area contributed by atoms with E-state index in [2.05, 4.69) is 11.6 Å². The molecule has 3 atom stereocenters. The first-order valence-electron chi connectivity index (χ1n) is 7.84. The van der Waals surface area contributed by atoms with Gasteiger partial charge >= 0.3 is 41.3 Å². The molecule has 26 heavy (non-hydrogen) atoms. The van der Waals surface area contributed by atoms with Crippen LogP contribution in [0.15, 0.2) is 0 Å². The van der Waals surface area contributed by atoms with Gasteiger partial charge in [-0.2, -0.15) is 12.0 Å². The van der Waals surface area contributed by atoms with Crippen molar-refractivity contribution in [2.24, 2.45) is 5.92 Å². The van der Waals surface area contributed by atoms with Crippen molar-refractivity contribution in [1.29, 1.82) is 0 Å². The predicted molar refractivity (Wildman–Crippen MR) is 90.6 cm³/mol. The zero-order chi connectivity index (χ0) is 20.2. The van der Waals surface area contributed by atoms with Gasteiger partial charge in [0.15, 0.2) is 0 Å². The molecule has 1 aliphatic rings. The molecule has 1 saturated carbocycles. The third-order valence-electron chi connectivity index (χ3n) is 3.93. The Morgan fingerprint density at radius 3 is 1.77 bits per heavy atom. The third-order valence-corrected chi connectivity index (χ3v) is 4.07. The maximum absolute atomic E-state index is 11.0. The number of rotatable bonds is 8. The molecule has 0 aromatic heterocycles. The molecule has 0 amide bonds. The number of quaternary nitrogens is 1. The summed E-state index contributed by atoms with van der Waals surface area (Å²) in [6.07, 6.45) is 1.80. The Morgan fingerprint density at radius 1 is 1.35 bits per heavy atom. The van der Waals surface area contributed by atoms with Gasteiger partial charge in [-0.15, -0.1) is 0 Å². The maximum atomic E-state index is 11.0. The molecule has 1 rings (SSSR count). The summed E-state index contributed by atoms with van der Waals surface area (Å²) in [6, 6.07) is -1.16. The van der Waals surface area contributed by atoms with Crippen LogP contribution in [0.2, 0.25) is 0 Å². The van der Waals surface area contributed by atoms with E-state index in [1.807, 2.05) is 20.8 Å². The first-order valence-corrected chi connectivity index (χ1v) is 8.93. The van der Waals surface area contributed by atoms with Gasteiger partial charge in [-0.1, -0.05) is 13.3 Å². The largest absolute Gasteiger partial charge is 2.00 e. The van der Waals surface area contributed by atoms with Crippen LogP contribution in [0.5, 0.6) is 0 Å². The molecule has 1 fully saturated rings. The molecule has 158 valence electrons. The van der Waals surface area contributed by atoms with E-state index < -0.39 is 26.2 Å². The van der Waals surface area contributed by atoms with Crippen LogP contribution in [0.1, 0.15) is 35.0 Å². The van der Waals surface area contributed by atoms with Crippen molar-refractivity contribution in [2.45, 2.75) is 45.7 Å². The van der Waals surface area contributed by atoms with Crippen LogP contribution < -0.4 is 4.89 Å². The number of hydrogen-bond donors (Lipinski definition) is 3. The minimum atomic E-state index is -3.04. The first kappa shape index (κ1) is 30.3. The van der Waals surface area contributed by atoms with Gasteiger partial charge in [-0.05, 0) is 24.8 Å². The fourth-order valence-electron chi connectivity index (χ4n) is 2.30. The van der Waals surface area contributed by atoms with E-state index in [9.17, 15) is 9.59 Å². The Morgan fingerprint density at radius 2 is 1.65 bits per heavy atom. The van der Waals surface area contributed by atoms with Crippen LogP contribution in [0.3, 0.4) is 0 Å². The molecule has 0 aromatic rings. The molecule has 4 N–H and O–H groups in total. The summed E-state index contributed by atoms with van der Waals surface area (Å²) in [7, 11) is -3.04. The first-order chi connectivity index (χ1) is 11.5. The Balaban J connectivity index is -0.000000181. The zero-order valence-electron chi connectivity index (χ0n) is 15.1. The monoisotopic (exact) mass is 580 g/mol. The zero-order valence-corrected chi connectivity index (χ0v) is 18.2. The van der Waals surface area contributed by atoms with Gasteiger partial charge in [0.1, 0.15) is 0 Å². The number of nitrogens with zero attached hydrogens (tertiary/aromatic N) is 1. The third kappa shape index (κ3) is 12.0. The molecule has 0 saturated heterocycles. The normalized spacial score (nSPS) is 18.4. The van der Waals surface area contributed by atoms with Crippen LogP contribution in [0.4, 0.5) is 0 Å². The van der Waals surface area contributed by atoms with Gasteiger partial charge in [-0.3, -0.25) is 0 Å². The molecule has 1 aliphatic carbocycles. The van der Waals surface area contributed by atoms with Crippen molar-refractivity contribution < 1.29 is 66.2 Å². The second-order valence-corrected chi connectivity index (χ2v) is 6.17. The predicted octanol–water partition coefficient (Wildman–Crippen LogP) is 1.79. The van der Waals surface area contributed by atoms with Gasteiger partial charge in [0.2, 0.25) is 0 Å². The Bertz CT molecular complexity index is 423. The second-order valence-electron chi connectivity index (χ2n) is 5.56. The minimum absolute atomic E-state index is 0. The SMILES string of the molecule is CCC[N+](CC)(CC)C(C(=O)O)C(=O)O.O=[P+]([O-])OO.[CH2-]C1CC1[NH-].[HH].[Pt+2]. The number of carboxylic acid groups (broad SMARTS) is 2. The summed E-state index contributed by atoms with van der Waals surface area (Å²) in [5.41, 5.74) is 6.84. The Labute approximate surface area is 170 Å². The number of aliphatic carboxylic acids is 2. The molecule has 0 heterocycles. The van der Waals surface area contributed by atoms with Gasteiger partial charge in [0, 0.05) is 6.10 Å². The van der Waals surface area contributed by atoms with Crippen molar-refractivity contribution in [2.75, 3.05) is 19.6 Å². The molecule has 0 spiro atoms. The van der Waals surface area contributed by atoms with Gasteiger partial charge in [0.05, 0.1) is 19.6 Å². The van der Waals surface area contributed by atoms with E-state index >= 15 is 0 Å². The molecule has 0 aromatic carbocycles. The topological polar surface area (TPSA) is 168 Å². The van der Waals surface area contributed by atoms with Crippen molar-refractivity contribution >= 4 is 20.2 Å². The number of likely N-dealkylation sites (N-methyl/N-ethyl adjacent to an activating group) is 1. The fourth-order valence-corrected chi connectivity index (χ4v) is 2.30. The van der Waals surface area contributed by atoms with E-state index in [1.165, 1.54) is 0 Å². The van der Waals surface area contributed by atoms with Gasteiger partial charge < -0.3 is 32.2 Å². The molecule has 0 bridgehead atoms. The molecule has 10 nitrogen and oxygen atoms in total. The average Bonchev–Trinajstić information content (AvgIpc) is 3.19. The molecule has 12 heteroatoms. The molecular weight excluding hydrogens is 550 g/mol. The molecule has 0 radical (unpaired) electrons. The summed E-state index contributed by atoms with van der Waals surface area (Å²) in [5, 5.41) is 25.0. The second kappa shape index (κ2) is 15.6. The maximum Gasteiger partial charge on any atom is 2.00 e. The summed E-state index contributed by atoms with van der Waals surface area (Å²) in [5.74, 6) is -2.03. The van der Waals surface area contributed by atoms with E-state index in [1.54, 1.807) is 0 Å². The summed E-state index contributed by atoms with van der Waals surface area (Å²) in [6.45, 7) is 10.9. The van der Waals surface area contributed by atoms with Crippen LogP contribution in [0.25, 0.3) is 5.73 Å². The Hall–Kier alpha value is -0.472. The minimum Gasteiger partial charge on any atom is -0.677 e. The van der Waals surface area contributed by atoms with Crippen molar-refractivity contribution in [3.05, 3.63) is 12.7 Å². The van der Waals surface area contributed by atoms with E-state index in [0.29, 0.717) is 25.6 Å². The fraction of sp³-hybridized carbons (Fsp3) is 0.786. The summed E-state index contributed by atoms with van der Waals surface area (Å²) in [4.78, 5) is 30.9. The van der Waals surface area contributed by atoms with Gasteiger partial charge in [-0.25, -0.2) is 14.8 Å². The van der Waals surface area contributed by atoms with Crippen molar-refractivity contribution in [3.63, 3.8) is 0 Å². The number of carboxylic acids is 2. The van der Waals surface area contributed by atoms with E-state index in [0.717, 1.165) is 12.8 Å². The van der Waals surface area contributed by atoms with Gasteiger partial charge in [0.25, 0.3) is 6.04 Å². The number of carbonyl (C=O) groups is 2. The molecular formula is C14H30N2O8PPt+. The van der Waals surface area contributed by atoms with E-state index in [-0.39, 0.29) is 33.0 Å². The Kier molecular flexibility index (Phi) is 18.1. The summed E-state index contributed by atoms with van der Waals surface area (Å²) < 4.78 is 11.7.